The lowest BCUT2D eigenvalue weighted by Gasteiger charge is -2.30. The number of rotatable bonds is 3. The van der Waals surface area contributed by atoms with Crippen LogP contribution < -0.4 is 9.64 Å². The van der Waals surface area contributed by atoms with Crippen LogP contribution in [0.15, 0.2) is 18.2 Å². The van der Waals surface area contributed by atoms with Crippen molar-refractivity contribution in [1.82, 2.24) is 0 Å². The van der Waals surface area contributed by atoms with Crippen LogP contribution in [0.4, 0.5) is 5.69 Å². The number of carboxylic acid groups (broad SMARTS) is 1. The molecule has 2 rings (SSSR count). The molecule has 1 saturated heterocycles. The van der Waals surface area contributed by atoms with Crippen LogP contribution in [0.3, 0.4) is 0 Å². The zero-order valence-electron chi connectivity index (χ0n) is 10.4. The maximum Gasteiger partial charge on any atom is 0.337 e. The summed E-state index contributed by atoms with van der Waals surface area (Å²) in [6, 6.07) is 5.25. The van der Waals surface area contributed by atoms with E-state index in [1.807, 2.05) is 12.1 Å². The number of ether oxygens (including phenoxy) is 1. The minimum Gasteiger partial charge on any atom is -0.497 e. The van der Waals surface area contributed by atoms with Gasteiger partial charge in [-0.1, -0.05) is 0 Å². The first-order chi connectivity index (χ1) is 8.22. The van der Waals surface area contributed by atoms with Gasteiger partial charge in [0.15, 0.2) is 0 Å². The van der Waals surface area contributed by atoms with Crippen molar-refractivity contribution >= 4 is 24.1 Å². The van der Waals surface area contributed by atoms with Crippen LogP contribution in [-0.2, 0) is 0 Å². The molecule has 0 bridgehead atoms. The van der Waals surface area contributed by atoms with Gasteiger partial charge in [0.1, 0.15) is 5.75 Å². The normalized spacial score (nSPS) is 14.8. The summed E-state index contributed by atoms with van der Waals surface area (Å²) in [6.07, 6.45) is 3.49. The molecule has 1 N–H and O–H groups in total. The average molecular weight is 272 g/mol. The Morgan fingerprint density at radius 2 is 1.94 bits per heavy atom. The summed E-state index contributed by atoms with van der Waals surface area (Å²) in [7, 11) is 1.54. The molecule has 0 aromatic heterocycles. The fraction of sp³-hybridized carbons (Fsp3) is 0.462. The van der Waals surface area contributed by atoms with Crippen molar-refractivity contribution in [3.8, 4) is 5.75 Å². The van der Waals surface area contributed by atoms with Crippen molar-refractivity contribution in [3.63, 3.8) is 0 Å². The van der Waals surface area contributed by atoms with Gasteiger partial charge < -0.3 is 14.7 Å². The number of nitrogens with zero attached hydrogens (tertiary/aromatic N) is 1. The van der Waals surface area contributed by atoms with Gasteiger partial charge >= 0.3 is 5.97 Å². The number of aromatic carboxylic acids is 1. The summed E-state index contributed by atoms with van der Waals surface area (Å²) in [5.41, 5.74) is 1.13. The highest BCUT2D eigenvalue weighted by Gasteiger charge is 2.18. The van der Waals surface area contributed by atoms with Crippen LogP contribution in [0.5, 0.6) is 5.75 Å². The Morgan fingerprint density at radius 1 is 1.28 bits per heavy atom. The lowest BCUT2D eigenvalue weighted by Crippen LogP contribution is -2.30. The third-order valence-electron chi connectivity index (χ3n) is 3.13. The van der Waals surface area contributed by atoms with Crippen LogP contribution in [0.2, 0.25) is 0 Å². The standard InChI is InChI=1S/C13H17NO3.ClH/c1-17-10-5-6-12(11(9-10)13(15)16)14-7-3-2-4-8-14;/h5-6,9H,2-4,7-8H2,1H3,(H,15,16);1H. The number of methoxy groups -OCH3 is 1. The molecule has 1 aliphatic heterocycles. The number of piperidine rings is 1. The van der Waals surface area contributed by atoms with Crippen LogP contribution in [0, 0.1) is 0 Å². The van der Waals surface area contributed by atoms with Gasteiger partial charge in [-0.2, -0.15) is 0 Å². The minimum absolute atomic E-state index is 0. The predicted molar refractivity (Wildman–Crippen MR) is 73.3 cm³/mol. The second-order valence-electron chi connectivity index (χ2n) is 4.24. The predicted octanol–water partition coefficient (Wildman–Crippen LogP) is 2.81. The molecule has 1 heterocycles. The van der Waals surface area contributed by atoms with Crippen molar-refractivity contribution in [3.05, 3.63) is 23.8 Å². The van der Waals surface area contributed by atoms with Gasteiger partial charge in [-0.25, -0.2) is 4.79 Å². The minimum atomic E-state index is -0.899. The summed E-state index contributed by atoms with van der Waals surface area (Å²) >= 11 is 0. The number of hydrogen-bond donors (Lipinski definition) is 1. The molecular formula is C13H18ClNO3. The van der Waals surface area contributed by atoms with E-state index in [2.05, 4.69) is 4.90 Å². The van der Waals surface area contributed by atoms with E-state index in [1.165, 1.54) is 6.42 Å². The molecular weight excluding hydrogens is 254 g/mol. The Morgan fingerprint density at radius 3 is 2.50 bits per heavy atom. The maximum atomic E-state index is 11.3. The van der Waals surface area contributed by atoms with Crippen LogP contribution >= 0.6 is 12.4 Å². The number of benzene rings is 1. The second kappa shape index (κ2) is 6.50. The monoisotopic (exact) mass is 271 g/mol. The maximum absolute atomic E-state index is 11.3. The van der Waals surface area contributed by atoms with Crippen LogP contribution in [0.1, 0.15) is 29.6 Å². The molecule has 0 spiro atoms. The number of anilines is 1. The van der Waals surface area contributed by atoms with E-state index in [1.54, 1.807) is 13.2 Å². The first kappa shape index (κ1) is 14.6. The smallest absolute Gasteiger partial charge is 0.337 e. The Bertz CT molecular complexity index is 417. The average Bonchev–Trinajstić information content (AvgIpc) is 2.39. The van der Waals surface area contributed by atoms with Gasteiger partial charge in [0.25, 0.3) is 0 Å². The molecule has 4 nitrogen and oxygen atoms in total. The highest BCUT2D eigenvalue weighted by Crippen LogP contribution is 2.27. The van der Waals surface area contributed by atoms with Crippen molar-refractivity contribution < 1.29 is 14.6 Å². The molecule has 0 amide bonds. The molecule has 0 unspecified atom stereocenters. The number of halogens is 1. The Hall–Kier alpha value is -1.42. The second-order valence-corrected chi connectivity index (χ2v) is 4.24. The van der Waals surface area contributed by atoms with E-state index in [0.717, 1.165) is 31.6 Å². The van der Waals surface area contributed by atoms with Crippen molar-refractivity contribution in [2.24, 2.45) is 0 Å². The highest BCUT2D eigenvalue weighted by molar-refractivity contribution is 5.95. The lowest BCUT2D eigenvalue weighted by atomic mass is 10.1. The number of carboxylic acids is 1. The van der Waals surface area contributed by atoms with Gasteiger partial charge in [0, 0.05) is 13.1 Å². The van der Waals surface area contributed by atoms with Crippen LogP contribution in [0.25, 0.3) is 0 Å². The number of carbonyl (C=O) groups is 1. The molecule has 0 atom stereocenters. The number of hydrogen-bond acceptors (Lipinski definition) is 3. The van der Waals surface area contributed by atoms with E-state index in [0.29, 0.717) is 11.3 Å². The van der Waals surface area contributed by atoms with E-state index in [-0.39, 0.29) is 12.4 Å². The zero-order valence-corrected chi connectivity index (χ0v) is 11.2. The van der Waals surface area contributed by atoms with E-state index >= 15 is 0 Å². The lowest BCUT2D eigenvalue weighted by molar-refractivity contribution is 0.0697. The fourth-order valence-electron chi connectivity index (χ4n) is 2.22. The van der Waals surface area contributed by atoms with Crippen molar-refractivity contribution in [1.29, 1.82) is 0 Å². The van der Waals surface area contributed by atoms with E-state index in [9.17, 15) is 9.90 Å². The fourth-order valence-corrected chi connectivity index (χ4v) is 2.22. The topological polar surface area (TPSA) is 49.8 Å². The van der Waals surface area contributed by atoms with Gasteiger partial charge in [0.2, 0.25) is 0 Å². The molecule has 0 radical (unpaired) electrons. The van der Waals surface area contributed by atoms with Crippen molar-refractivity contribution in [2.45, 2.75) is 19.3 Å². The Balaban J connectivity index is 0.00000162. The highest BCUT2D eigenvalue weighted by atomic mass is 35.5. The van der Waals surface area contributed by atoms with Crippen LogP contribution in [-0.4, -0.2) is 31.3 Å². The largest absolute Gasteiger partial charge is 0.497 e. The molecule has 100 valence electrons. The summed E-state index contributed by atoms with van der Waals surface area (Å²) in [5, 5.41) is 9.23. The zero-order chi connectivity index (χ0) is 12.3. The van der Waals surface area contributed by atoms with Gasteiger partial charge in [-0.15, -0.1) is 12.4 Å². The first-order valence-electron chi connectivity index (χ1n) is 5.88. The molecule has 5 heteroatoms. The van der Waals surface area contributed by atoms with Gasteiger partial charge in [0.05, 0.1) is 18.4 Å². The molecule has 0 saturated carbocycles. The van der Waals surface area contributed by atoms with Gasteiger partial charge in [-0.05, 0) is 37.5 Å². The summed E-state index contributed by atoms with van der Waals surface area (Å²) in [4.78, 5) is 13.4. The third-order valence-corrected chi connectivity index (χ3v) is 3.13. The molecule has 0 aliphatic carbocycles. The van der Waals surface area contributed by atoms with Gasteiger partial charge in [-0.3, -0.25) is 0 Å². The Labute approximate surface area is 113 Å². The molecule has 1 aromatic carbocycles. The molecule has 18 heavy (non-hydrogen) atoms. The molecule has 1 aromatic rings. The van der Waals surface area contributed by atoms with E-state index in [4.69, 9.17) is 4.74 Å². The SMILES string of the molecule is COc1ccc(N2CCCCC2)c(C(=O)O)c1.Cl. The summed E-state index contributed by atoms with van der Waals surface area (Å²) < 4.78 is 5.07. The Kier molecular flexibility index (Phi) is 5.28. The summed E-state index contributed by atoms with van der Waals surface area (Å²) in [5.74, 6) is -0.312. The third kappa shape index (κ3) is 3.07. The summed E-state index contributed by atoms with van der Waals surface area (Å²) in [6.45, 7) is 1.87. The molecule has 1 fully saturated rings. The quantitative estimate of drug-likeness (QED) is 0.918. The van der Waals surface area contributed by atoms with E-state index < -0.39 is 5.97 Å². The van der Waals surface area contributed by atoms with Crippen molar-refractivity contribution in [2.75, 3.05) is 25.1 Å². The molecule has 1 aliphatic rings. The first-order valence-corrected chi connectivity index (χ1v) is 5.88.